The maximum absolute atomic E-state index is 13.0. The molecule has 3 aliphatic rings. The number of hydrogen-bond donors (Lipinski definition) is 5. The van der Waals surface area contributed by atoms with Gasteiger partial charge in [-0.15, -0.1) is 0 Å². The second-order valence-corrected chi connectivity index (χ2v) is 9.89. The second-order valence-electron chi connectivity index (χ2n) is 9.89. The minimum atomic E-state index is -1.26. The molecule has 1 aliphatic carbocycles. The van der Waals surface area contributed by atoms with Crippen molar-refractivity contribution >= 4 is 34.9 Å². The Hall–Kier alpha value is -4.05. The topological polar surface area (TPSA) is 140 Å². The van der Waals surface area contributed by atoms with Crippen molar-refractivity contribution in [2.24, 2.45) is 0 Å². The number of anilines is 3. The Bertz CT molecular complexity index is 1230. The van der Waals surface area contributed by atoms with Gasteiger partial charge in [-0.05, 0) is 55.4 Å². The fourth-order valence-electron chi connectivity index (χ4n) is 5.40. The highest BCUT2D eigenvalue weighted by molar-refractivity contribution is 6.03. The van der Waals surface area contributed by atoms with E-state index in [1.165, 1.54) is 11.1 Å². The van der Waals surface area contributed by atoms with Crippen LogP contribution in [-0.2, 0) is 33.6 Å². The summed E-state index contributed by atoms with van der Waals surface area (Å²) in [4.78, 5) is 34.3. The molecule has 0 bridgehead atoms. The van der Waals surface area contributed by atoms with Crippen LogP contribution in [0.4, 0.5) is 17.1 Å². The van der Waals surface area contributed by atoms with Crippen LogP contribution >= 0.6 is 0 Å². The normalized spacial score (nSPS) is 18.0. The zero-order valence-corrected chi connectivity index (χ0v) is 21.8. The maximum atomic E-state index is 13.0. The van der Waals surface area contributed by atoms with Gasteiger partial charge in [0.15, 0.2) is 0 Å². The maximum Gasteiger partial charge on any atom is 0.328 e. The van der Waals surface area contributed by atoms with E-state index in [0.29, 0.717) is 25.3 Å². The first-order valence-corrected chi connectivity index (χ1v) is 12.6. The third kappa shape index (κ3) is 5.60. The molecule has 1 amide bonds. The van der Waals surface area contributed by atoms with Crippen molar-refractivity contribution in [2.45, 2.75) is 44.3 Å². The third-order valence-corrected chi connectivity index (χ3v) is 7.35. The number of benzene rings is 2. The van der Waals surface area contributed by atoms with Crippen LogP contribution in [0, 0.1) is 0 Å². The molecule has 2 aliphatic heterocycles. The molecule has 1 unspecified atom stereocenters. The quantitative estimate of drug-likeness (QED) is 0.286. The summed E-state index contributed by atoms with van der Waals surface area (Å²) >= 11 is 0. The van der Waals surface area contributed by atoms with Crippen LogP contribution in [0.1, 0.15) is 40.4 Å². The van der Waals surface area contributed by atoms with Crippen LogP contribution in [0.15, 0.2) is 42.5 Å². The van der Waals surface area contributed by atoms with Crippen LogP contribution in [-0.4, -0.2) is 67.1 Å². The number of carboxylic acids is 2. The molecule has 0 radical (unpaired) electrons. The lowest BCUT2D eigenvalue weighted by Gasteiger charge is -2.38. The molecular weight excluding hydrogens is 488 g/mol. The molecule has 1 spiro atoms. The molecule has 1 atom stereocenters. The Kier molecular flexibility index (Phi) is 7.91. The van der Waals surface area contributed by atoms with Gasteiger partial charge in [-0.25, -0.2) is 9.59 Å². The smallest absolute Gasteiger partial charge is 0.328 e. The number of rotatable bonds is 6. The van der Waals surface area contributed by atoms with Crippen LogP contribution in [0.2, 0.25) is 0 Å². The lowest BCUT2D eigenvalue weighted by Crippen LogP contribution is -2.43. The van der Waals surface area contributed by atoms with Crippen molar-refractivity contribution in [3.63, 3.8) is 0 Å². The van der Waals surface area contributed by atoms with E-state index >= 15 is 0 Å². The Morgan fingerprint density at radius 2 is 1.76 bits per heavy atom. The summed E-state index contributed by atoms with van der Waals surface area (Å²) in [7, 11) is 3.72. The number of hydrogen-bond acceptors (Lipinski definition) is 7. The van der Waals surface area contributed by atoms with Gasteiger partial charge >= 0.3 is 11.9 Å². The Balaban J connectivity index is 0.000000368. The average Bonchev–Trinajstić information content (AvgIpc) is 3.38. The number of methoxy groups -OCH3 is 1. The zero-order valence-electron chi connectivity index (χ0n) is 21.8. The van der Waals surface area contributed by atoms with Crippen molar-refractivity contribution < 1.29 is 29.3 Å². The van der Waals surface area contributed by atoms with Crippen molar-refractivity contribution in [2.75, 3.05) is 42.8 Å². The number of ether oxygens (including phenoxy) is 1. The largest absolute Gasteiger partial charge is 0.478 e. The molecule has 202 valence electrons. The Morgan fingerprint density at radius 1 is 1.13 bits per heavy atom. The highest BCUT2D eigenvalue weighted by Crippen LogP contribution is 2.49. The number of carboxylic acid groups (broad SMARTS) is 2. The summed E-state index contributed by atoms with van der Waals surface area (Å²) in [6.45, 7) is 3.17. The van der Waals surface area contributed by atoms with Gasteiger partial charge in [-0.2, -0.15) is 0 Å². The number of carbonyl (C=O) groups excluding carboxylic acids is 1. The second kappa shape index (κ2) is 11.1. The Labute approximate surface area is 221 Å². The lowest BCUT2D eigenvalue weighted by atomic mass is 9.81. The highest BCUT2D eigenvalue weighted by atomic mass is 16.5. The first kappa shape index (κ1) is 27.0. The minimum absolute atomic E-state index is 0.0217. The van der Waals surface area contributed by atoms with Crippen LogP contribution in [0.5, 0.6) is 0 Å². The van der Waals surface area contributed by atoms with Crippen LogP contribution in [0.25, 0.3) is 0 Å². The standard InChI is InChI=1S/C24H30N4O2.C4H4O4/c1-15-26-22-20(28(15)2)12-19(23(29)25-10-11-30-3)18-8-9-24(27-21(18)22)13-16-6-4-5-7-17(16)14-24;5-3(6)1-2-4(7)8/h4-7,12,15,26-27H,8-11,13-14H2,1-3H3,(H,25,29);1-2H,(H,5,6)(H,7,8). The first-order chi connectivity index (χ1) is 18.1. The molecular formula is C28H34N4O6. The van der Waals surface area contributed by atoms with Gasteiger partial charge in [0.25, 0.3) is 5.91 Å². The number of nitrogens with zero attached hydrogens (tertiary/aromatic N) is 1. The molecule has 5 rings (SSSR count). The van der Waals surface area contributed by atoms with Crippen molar-refractivity contribution in [3.8, 4) is 0 Å². The molecule has 0 fully saturated rings. The predicted molar refractivity (Wildman–Crippen MR) is 145 cm³/mol. The van der Waals surface area contributed by atoms with E-state index in [2.05, 4.69) is 65.2 Å². The first-order valence-electron chi connectivity index (χ1n) is 12.6. The molecule has 0 saturated heterocycles. The van der Waals surface area contributed by atoms with E-state index in [1.54, 1.807) is 7.11 Å². The Morgan fingerprint density at radius 3 is 2.34 bits per heavy atom. The van der Waals surface area contributed by atoms with Crippen LogP contribution < -0.4 is 20.9 Å². The number of nitrogens with one attached hydrogen (secondary N) is 3. The van der Waals surface area contributed by atoms with E-state index in [-0.39, 0.29) is 17.6 Å². The SMILES string of the molecule is COCCNC(=O)c1cc2c(c3c1CCC1(Cc4ccccc4C1)N3)NC(C)N2C.O=C(O)C=CC(=O)O. The summed E-state index contributed by atoms with van der Waals surface area (Å²) in [5.74, 6) is -2.54. The monoisotopic (exact) mass is 522 g/mol. The molecule has 0 aromatic heterocycles. The van der Waals surface area contributed by atoms with Gasteiger partial charge in [-0.3, -0.25) is 4.79 Å². The average molecular weight is 523 g/mol. The fraction of sp³-hybridized carbons (Fsp3) is 0.393. The van der Waals surface area contributed by atoms with Crippen LogP contribution in [0.3, 0.4) is 0 Å². The number of carbonyl (C=O) groups is 3. The highest BCUT2D eigenvalue weighted by Gasteiger charge is 2.42. The molecule has 10 nitrogen and oxygen atoms in total. The van der Waals surface area contributed by atoms with E-state index in [4.69, 9.17) is 14.9 Å². The minimum Gasteiger partial charge on any atom is -0.478 e. The zero-order chi connectivity index (χ0) is 27.4. The van der Waals surface area contributed by atoms with E-state index in [9.17, 15) is 14.4 Å². The van der Waals surface area contributed by atoms with E-state index < -0.39 is 11.9 Å². The summed E-state index contributed by atoms with van der Waals surface area (Å²) in [6.07, 6.45) is 5.30. The van der Waals surface area contributed by atoms with Crippen molar-refractivity contribution in [1.29, 1.82) is 0 Å². The molecule has 0 saturated carbocycles. The van der Waals surface area contributed by atoms with Crippen molar-refractivity contribution in [3.05, 3.63) is 64.7 Å². The van der Waals surface area contributed by atoms with Gasteiger partial charge in [-0.1, -0.05) is 24.3 Å². The van der Waals surface area contributed by atoms with Gasteiger partial charge in [0.2, 0.25) is 0 Å². The van der Waals surface area contributed by atoms with E-state index in [1.807, 2.05) is 0 Å². The fourth-order valence-corrected chi connectivity index (χ4v) is 5.40. The molecule has 2 heterocycles. The van der Waals surface area contributed by atoms with Gasteiger partial charge in [0.05, 0.1) is 29.8 Å². The summed E-state index contributed by atoms with van der Waals surface area (Å²) in [5, 5.41) is 26.2. The molecule has 5 N–H and O–H groups in total. The van der Waals surface area contributed by atoms with Gasteiger partial charge in [0.1, 0.15) is 0 Å². The number of fused-ring (bicyclic) bond motifs is 4. The third-order valence-electron chi connectivity index (χ3n) is 7.35. The lowest BCUT2D eigenvalue weighted by molar-refractivity contribution is -0.134. The number of aliphatic carboxylic acids is 2. The molecule has 2 aromatic carbocycles. The summed E-state index contributed by atoms with van der Waals surface area (Å²) in [6, 6.07) is 10.8. The van der Waals surface area contributed by atoms with Gasteiger partial charge in [0, 0.05) is 44.0 Å². The van der Waals surface area contributed by atoms with Crippen molar-refractivity contribution in [1.82, 2.24) is 5.32 Å². The molecule has 10 heteroatoms. The predicted octanol–water partition coefficient (Wildman–Crippen LogP) is 2.88. The van der Waals surface area contributed by atoms with E-state index in [0.717, 1.165) is 53.9 Å². The van der Waals surface area contributed by atoms with Gasteiger partial charge < -0.3 is 35.8 Å². The molecule has 38 heavy (non-hydrogen) atoms. The molecule has 2 aromatic rings. The number of amides is 1. The summed E-state index contributed by atoms with van der Waals surface area (Å²) < 4.78 is 5.09. The summed E-state index contributed by atoms with van der Waals surface area (Å²) in [5.41, 5.74) is 8.14.